The third-order valence-corrected chi connectivity index (χ3v) is 6.74. The molecular weight excluding hydrogens is 356 g/mol. The molecule has 1 atom stereocenters. The van der Waals surface area contributed by atoms with E-state index in [0.29, 0.717) is 12.8 Å². The Balaban J connectivity index is 1.24. The molecule has 1 aromatic heterocycles. The zero-order chi connectivity index (χ0) is 19.4. The number of imidazole rings is 1. The Morgan fingerprint density at radius 1 is 1.29 bits per heavy atom. The van der Waals surface area contributed by atoms with Gasteiger partial charge in [-0.25, -0.2) is 4.98 Å². The maximum atomic E-state index is 12.6. The van der Waals surface area contributed by atoms with Crippen LogP contribution in [-0.4, -0.2) is 70.1 Å². The van der Waals surface area contributed by atoms with Gasteiger partial charge in [0.05, 0.1) is 12.4 Å². The first-order chi connectivity index (χ1) is 13.6. The van der Waals surface area contributed by atoms with E-state index in [0.717, 1.165) is 77.9 Å². The summed E-state index contributed by atoms with van der Waals surface area (Å²) in [6, 6.07) is 0. The summed E-state index contributed by atoms with van der Waals surface area (Å²) in [5.41, 5.74) is 0.195. The number of hydrogen-bond acceptors (Lipinski definition) is 4. The molecule has 4 rings (SSSR count). The van der Waals surface area contributed by atoms with Crippen LogP contribution in [0.5, 0.6) is 0 Å². The third-order valence-electron chi connectivity index (χ3n) is 6.74. The molecule has 3 fully saturated rings. The van der Waals surface area contributed by atoms with Gasteiger partial charge in [0.25, 0.3) is 0 Å². The van der Waals surface area contributed by atoms with E-state index in [2.05, 4.69) is 4.98 Å². The number of ether oxygens (including phenoxy) is 1. The Morgan fingerprint density at radius 3 is 2.86 bits per heavy atom. The Labute approximate surface area is 167 Å². The zero-order valence-corrected chi connectivity index (χ0v) is 16.7. The highest BCUT2D eigenvalue weighted by atomic mass is 16.5. The lowest BCUT2D eigenvalue weighted by Crippen LogP contribution is -2.53. The smallest absolute Gasteiger partial charge is 0.222 e. The van der Waals surface area contributed by atoms with Gasteiger partial charge in [-0.3, -0.25) is 9.59 Å². The molecule has 7 nitrogen and oxygen atoms in total. The highest BCUT2D eigenvalue weighted by Gasteiger charge is 2.42. The summed E-state index contributed by atoms with van der Waals surface area (Å²) in [7, 11) is 0. The Hall–Kier alpha value is -1.89. The highest BCUT2D eigenvalue weighted by molar-refractivity contribution is 5.77. The van der Waals surface area contributed by atoms with Crippen LogP contribution >= 0.6 is 0 Å². The van der Waals surface area contributed by atoms with E-state index in [1.807, 2.05) is 20.6 Å². The SMILES string of the molecule is O=C(CCCn1ccnc1)N1CCC2(CCC(=O)N(C[C@H]3CCCO3)C2)CC1. The van der Waals surface area contributed by atoms with Crippen molar-refractivity contribution in [1.82, 2.24) is 19.4 Å². The van der Waals surface area contributed by atoms with Crippen molar-refractivity contribution in [3.05, 3.63) is 18.7 Å². The Bertz CT molecular complexity index is 661. The molecule has 3 aliphatic rings. The monoisotopic (exact) mass is 388 g/mol. The van der Waals surface area contributed by atoms with E-state index < -0.39 is 0 Å². The van der Waals surface area contributed by atoms with Crippen molar-refractivity contribution in [2.75, 3.05) is 32.8 Å². The van der Waals surface area contributed by atoms with Crippen LogP contribution in [0.3, 0.4) is 0 Å². The van der Waals surface area contributed by atoms with Crippen molar-refractivity contribution >= 4 is 11.8 Å². The number of piperidine rings is 2. The number of amides is 2. The fourth-order valence-corrected chi connectivity index (χ4v) is 4.93. The minimum atomic E-state index is 0.195. The fraction of sp³-hybridized carbons (Fsp3) is 0.762. The molecular formula is C21H32N4O3. The third kappa shape index (κ3) is 4.57. The van der Waals surface area contributed by atoms with Crippen molar-refractivity contribution in [3.8, 4) is 0 Å². The number of carbonyl (C=O) groups is 2. The molecule has 0 aliphatic carbocycles. The molecule has 2 amide bonds. The molecule has 3 aliphatic heterocycles. The van der Waals surface area contributed by atoms with E-state index in [4.69, 9.17) is 4.74 Å². The van der Waals surface area contributed by atoms with E-state index in [1.165, 1.54) is 0 Å². The van der Waals surface area contributed by atoms with Crippen LogP contribution in [0.25, 0.3) is 0 Å². The van der Waals surface area contributed by atoms with Gasteiger partial charge in [-0.2, -0.15) is 0 Å². The topological polar surface area (TPSA) is 67.7 Å². The molecule has 0 aromatic carbocycles. The lowest BCUT2D eigenvalue weighted by molar-refractivity contribution is -0.144. The van der Waals surface area contributed by atoms with Gasteiger partial charge in [0.2, 0.25) is 11.8 Å². The molecule has 7 heteroatoms. The van der Waals surface area contributed by atoms with Crippen LogP contribution in [0.1, 0.15) is 51.4 Å². The fourth-order valence-electron chi connectivity index (χ4n) is 4.93. The number of aromatic nitrogens is 2. The van der Waals surface area contributed by atoms with Crippen molar-refractivity contribution < 1.29 is 14.3 Å². The van der Waals surface area contributed by atoms with Crippen molar-refractivity contribution in [1.29, 1.82) is 0 Å². The first-order valence-corrected chi connectivity index (χ1v) is 10.8. The summed E-state index contributed by atoms with van der Waals surface area (Å²) in [6.45, 7) is 4.91. The first kappa shape index (κ1) is 19.4. The van der Waals surface area contributed by atoms with Gasteiger partial charge in [-0.15, -0.1) is 0 Å². The summed E-state index contributed by atoms with van der Waals surface area (Å²) in [5.74, 6) is 0.539. The maximum Gasteiger partial charge on any atom is 0.222 e. The summed E-state index contributed by atoms with van der Waals surface area (Å²) >= 11 is 0. The van der Waals surface area contributed by atoms with Gasteiger partial charge in [-0.1, -0.05) is 0 Å². The van der Waals surface area contributed by atoms with Gasteiger partial charge < -0.3 is 19.1 Å². The minimum absolute atomic E-state index is 0.195. The van der Waals surface area contributed by atoms with Crippen molar-refractivity contribution in [2.45, 2.75) is 64.0 Å². The van der Waals surface area contributed by atoms with Crippen molar-refractivity contribution in [3.63, 3.8) is 0 Å². The molecule has 1 aromatic rings. The summed E-state index contributed by atoms with van der Waals surface area (Å²) < 4.78 is 7.75. The second-order valence-corrected chi connectivity index (χ2v) is 8.69. The number of likely N-dealkylation sites (tertiary alicyclic amines) is 2. The molecule has 0 N–H and O–H groups in total. The second-order valence-electron chi connectivity index (χ2n) is 8.69. The zero-order valence-electron chi connectivity index (χ0n) is 16.7. The normalized spacial score (nSPS) is 24.9. The van der Waals surface area contributed by atoms with Crippen LogP contribution in [0, 0.1) is 5.41 Å². The predicted molar refractivity (Wildman–Crippen MR) is 104 cm³/mol. The maximum absolute atomic E-state index is 12.6. The molecule has 0 radical (unpaired) electrons. The number of nitrogens with zero attached hydrogens (tertiary/aromatic N) is 4. The van der Waals surface area contributed by atoms with Gasteiger partial charge in [-0.05, 0) is 43.9 Å². The summed E-state index contributed by atoms with van der Waals surface area (Å²) in [6.07, 6.45) is 13.0. The molecule has 4 heterocycles. The van der Waals surface area contributed by atoms with Gasteiger partial charge in [0.15, 0.2) is 0 Å². The molecule has 3 saturated heterocycles. The van der Waals surface area contributed by atoms with Gasteiger partial charge >= 0.3 is 0 Å². The number of hydrogen-bond donors (Lipinski definition) is 0. The molecule has 154 valence electrons. The minimum Gasteiger partial charge on any atom is -0.376 e. The van der Waals surface area contributed by atoms with Crippen LogP contribution in [0.2, 0.25) is 0 Å². The highest BCUT2D eigenvalue weighted by Crippen LogP contribution is 2.40. The Morgan fingerprint density at radius 2 is 2.14 bits per heavy atom. The molecule has 0 saturated carbocycles. The average Bonchev–Trinajstić information content (AvgIpc) is 3.40. The van der Waals surface area contributed by atoms with Crippen LogP contribution in [0.4, 0.5) is 0 Å². The standard InChI is InChI=1S/C21H32N4O3/c26-19(4-1-10-23-13-9-22-17-23)24-11-7-21(8-12-24)6-5-20(27)25(16-21)15-18-3-2-14-28-18/h9,13,17-18H,1-8,10-12,14-16H2/t18-/m1/s1. The largest absolute Gasteiger partial charge is 0.376 e. The van der Waals surface area contributed by atoms with E-state index in [9.17, 15) is 9.59 Å². The van der Waals surface area contributed by atoms with Gasteiger partial charge in [0.1, 0.15) is 0 Å². The molecule has 0 unspecified atom stereocenters. The predicted octanol–water partition coefficient (Wildman–Crippen LogP) is 2.07. The van der Waals surface area contributed by atoms with Crippen LogP contribution in [-0.2, 0) is 20.9 Å². The van der Waals surface area contributed by atoms with Gasteiger partial charge in [0, 0.05) is 64.6 Å². The number of aryl methyl sites for hydroxylation is 1. The van der Waals surface area contributed by atoms with Crippen LogP contribution < -0.4 is 0 Å². The van der Waals surface area contributed by atoms with Crippen molar-refractivity contribution in [2.24, 2.45) is 5.41 Å². The Kier molecular flexibility index (Phi) is 5.99. The van der Waals surface area contributed by atoms with E-state index >= 15 is 0 Å². The van der Waals surface area contributed by atoms with E-state index in [1.54, 1.807) is 12.5 Å². The summed E-state index contributed by atoms with van der Waals surface area (Å²) in [4.78, 5) is 33.1. The lowest BCUT2D eigenvalue weighted by Gasteiger charge is -2.47. The first-order valence-electron chi connectivity index (χ1n) is 10.8. The van der Waals surface area contributed by atoms with E-state index in [-0.39, 0.29) is 23.3 Å². The number of rotatable bonds is 6. The second kappa shape index (κ2) is 8.64. The number of carbonyl (C=O) groups excluding carboxylic acids is 2. The lowest BCUT2D eigenvalue weighted by atomic mass is 9.72. The molecule has 1 spiro atoms. The molecule has 28 heavy (non-hydrogen) atoms. The average molecular weight is 389 g/mol. The summed E-state index contributed by atoms with van der Waals surface area (Å²) in [5, 5.41) is 0. The molecule has 0 bridgehead atoms. The van der Waals surface area contributed by atoms with Crippen LogP contribution in [0.15, 0.2) is 18.7 Å². The quantitative estimate of drug-likeness (QED) is 0.748.